The average molecular weight is 453 g/mol. The van der Waals surface area contributed by atoms with Gasteiger partial charge >= 0.3 is 0 Å². The molecule has 0 unspecified atom stereocenters. The number of benzene rings is 2. The molecule has 0 saturated heterocycles. The van der Waals surface area contributed by atoms with E-state index < -0.39 is 10.8 Å². The van der Waals surface area contributed by atoms with Crippen LogP contribution >= 0.6 is 12.2 Å². The Morgan fingerprint density at radius 3 is 2.56 bits per heavy atom. The summed E-state index contributed by atoms with van der Waals surface area (Å²) in [4.78, 5) is 35.3. The van der Waals surface area contributed by atoms with E-state index in [0.717, 1.165) is 25.7 Å². The lowest BCUT2D eigenvalue weighted by atomic mass is 9.95. The topological polar surface area (TPSA) is 113 Å². The molecule has 0 heterocycles. The van der Waals surface area contributed by atoms with Crippen LogP contribution in [-0.4, -0.2) is 27.9 Å². The number of nitrogens with zero attached hydrogens (tertiary/aromatic N) is 1. The van der Waals surface area contributed by atoms with Gasteiger partial charge in [-0.1, -0.05) is 43.5 Å². The van der Waals surface area contributed by atoms with E-state index in [-0.39, 0.29) is 22.7 Å². The molecule has 2 aromatic rings. The highest BCUT2D eigenvalue weighted by Crippen LogP contribution is 2.20. The summed E-state index contributed by atoms with van der Waals surface area (Å²) in [5.74, 6) is -0.683. The van der Waals surface area contributed by atoms with Crippen molar-refractivity contribution in [1.82, 2.24) is 10.6 Å². The molecule has 1 aliphatic carbocycles. The number of non-ortho nitro benzene ring substituents is 1. The second-order valence-corrected chi connectivity index (χ2v) is 7.89. The molecular formula is C23H24N4O4S. The summed E-state index contributed by atoms with van der Waals surface area (Å²) >= 11 is 5.21. The molecule has 9 heteroatoms. The molecule has 0 bridgehead atoms. The Morgan fingerprint density at radius 1 is 1.06 bits per heavy atom. The first-order chi connectivity index (χ1) is 15.4. The van der Waals surface area contributed by atoms with Crippen LogP contribution < -0.4 is 16.0 Å². The molecular weight excluding hydrogens is 428 g/mol. The molecule has 1 aliphatic rings. The van der Waals surface area contributed by atoms with Crippen LogP contribution in [0, 0.1) is 10.1 Å². The van der Waals surface area contributed by atoms with Crippen LogP contribution in [0.5, 0.6) is 0 Å². The zero-order valence-electron chi connectivity index (χ0n) is 17.4. The van der Waals surface area contributed by atoms with Crippen LogP contribution in [0.3, 0.4) is 0 Å². The molecule has 0 aliphatic heterocycles. The van der Waals surface area contributed by atoms with Crippen molar-refractivity contribution in [1.29, 1.82) is 0 Å². The van der Waals surface area contributed by atoms with Crippen molar-refractivity contribution in [3.63, 3.8) is 0 Å². The predicted molar refractivity (Wildman–Crippen MR) is 127 cm³/mol. The molecule has 1 saturated carbocycles. The number of thiocarbonyl (C=S) groups is 1. The number of hydrogen-bond donors (Lipinski definition) is 3. The Kier molecular flexibility index (Phi) is 8.04. The summed E-state index contributed by atoms with van der Waals surface area (Å²) in [7, 11) is 0. The fraction of sp³-hybridized carbons (Fsp3) is 0.261. The monoisotopic (exact) mass is 452 g/mol. The molecule has 3 rings (SSSR count). The van der Waals surface area contributed by atoms with Gasteiger partial charge in [-0.05, 0) is 48.8 Å². The third kappa shape index (κ3) is 6.71. The standard InChI is InChI=1S/C23H24N4O4S/c28-21(14-13-16-7-6-10-18(15-16)27(30)31)26-23(32)25-20-12-5-4-11-19(20)22(29)24-17-8-2-1-3-9-17/h4-7,10-15,17H,1-3,8-9H2,(H,24,29)(H2,25,26,28,32)/b14-13+. The maximum absolute atomic E-state index is 12.7. The van der Waals surface area contributed by atoms with Gasteiger partial charge in [0.15, 0.2) is 5.11 Å². The molecule has 2 amide bonds. The quantitative estimate of drug-likeness (QED) is 0.262. The van der Waals surface area contributed by atoms with E-state index in [1.807, 2.05) is 0 Å². The van der Waals surface area contributed by atoms with E-state index in [9.17, 15) is 19.7 Å². The highest BCUT2D eigenvalue weighted by Gasteiger charge is 2.19. The van der Waals surface area contributed by atoms with E-state index in [0.29, 0.717) is 16.8 Å². The maximum Gasteiger partial charge on any atom is 0.270 e. The van der Waals surface area contributed by atoms with Crippen molar-refractivity contribution in [3.05, 3.63) is 75.8 Å². The van der Waals surface area contributed by atoms with Gasteiger partial charge in [-0.2, -0.15) is 0 Å². The van der Waals surface area contributed by atoms with Crippen LogP contribution in [0.15, 0.2) is 54.6 Å². The summed E-state index contributed by atoms with van der Waals surface area (Å²) < 4.78 is 0. The third-order valence-electron chi connectivity index (χ3n) is 5.11. The molecule has 0 radical (unpaired) electrons. The minimum atomic E-state index is -0.502. The first-order valence-corrected chi connectivity index (χ1v) is 10.8. The van der Waals surface area contributed by atoms with Gasteiger partial charge in [0.2, 0.25) is 5.91 Å². The first kappa shape index (κ1) is 23.1. The van der Waals surface area contributed by atoms with Crippen LogP contribution in [-0.2, 0) is 4.79 Å². The SMILES string of the molecule is O=C(/C=C/c1cccc([N+](=O)[O-])c1)NC(=S)Nc1ccccc1C(=O)NC1CCCCC1. The Bertz CT molecular complexity index is 1050. The fourth-order valence-corrected chi connectivity index (χ4v) is 3.73. The Hall–Kier alpha value is -3.59. The van der Waals surface area contributed by atoms with Crippen molar-refractivity contribution in [2.24, 2.45) is 0 Å². The highest BCUT2D eigenvalue weighted by molar-refractivity contribution is 7.80. The molecule has 32 heavy (non-hydrogen) atoms. The molecule has 166 valence electrons. The van der Waals surface area contributed by atoms with Crippen molar-refractivity contribution in [3.8, 4) is 0 Å². The van der Waals surface area contributed by atoms with Gasteiger partial charge in [0.25, 0.3) is 11.6 Å². The zero-order valence-corrected chi connectivity index (χ0v) is 18.2. The van der Waals surface area contributed by atoms with Gasteiger partial charge in [0.1, 0.15) is 0 Å². The molecule has 0 atom stereocenters. The number of amides is 2. The van der Waals surface area contributed by atoms with Gasteiger partial charge in [-0.25, -0.2) is 0 Å². The zero-order chi connectivity index (χ0) is 22.9. The first-order valence-electron chi connectivity index (χ1n) is 10.4. The van der Waals surface area contributed by atoms with Gasteiger partial charge < -0.3 is 10.6 Å². The van der Waals surface area contributed by atoms with Gasteiger partial charge in [-0.15, -0.1) is 0 Å². The largest absolute Gasteiger partial charge is 0.349 e. The van der Waals surface area contributed by atoms with E-state index in [1.165, 1.54) is 36.8 Å². The fourth-order valence-electron chi connectivity index (χ4n) is 3.52. The van der Waals surface area contributed by atoms with Gasteiger partial charge in [0.05, 0.1) is 16.2 Å². The summed E-state index contributed by atoms with van der Waals surface area (Å²) in [5, 5.41) is 19.4. The number of carbonyl (C=O) groups excluding carboxylic acids is 2. The van der Waals surface area contributed by atoms with Crippen LogP contribution in [0.1, 0.15) is 48.0 Å². The molecule has 2 aromatic carbocycles. The Labute approximate surface area is 191 Å². The van der Waals surface area contributed by atoms with Crippen LogP contribution in [0.4, 0.5) is 11.4 Å². The van der Waals surface area contributed by atoms with Gasteiger partial charge in [0, 0.05) is 24.3 Å². The molecule has 0 spiro atoms. The Balaban J connectivity index is 1.58. The lowest BCUT2D eigenvalue weighted by Gasteiger charge is -2.23. The summed E-state index contributed by atoms with van der Waals surface area (Å²) in [6.07, 6.45) is 8.08. The molecule has 3 N–H and O–H groups in total. The number of para-hydroxylation sites is 1. The molecule has 8 nitrogen and oxygen atoms in total. The highest BCUT2D eigenvalue weighted by atomic mass is 32.1. The number of rotatable bonds is 6. The second-order valence-electron chi connectivity index (χ2n) is 7.48. The number of hydrogen-bond acceptors (Lipinski definition) is 5. The summed E-state index contributed by atoms with van der Waals surface area (Å²) in [5.41, 5.74) is 1.39. The molecule has 1 fully saturated rings. The lowest BCUT2D eigenvalue weighted by Crippen LogP contribution is -2.37. The van der Waals surface area contributed by atoms with E-state index in [1.54, 1.807) is 30.3 Å². The van der Waals surface area contributed by atoms with E-state index >= 15 is 0 Å². The number of nitro benzene ring substituents is 1. The van der Waals surface area contributed by atoms with Crippen molar-refractivity contribution >= 4 is 46.6 Å². The van der Waals surface area contributed by atoms with Crippen molar-refractivity contribution in [2.45, 2.75) is 38.1 Å². The number of nitrogens with one attached hydrogen (secondary N) is 3. The maximum atomic E-state index is 12.7. The van der Waals surface area contributed by atoms with Crippen LogP contribution in [0.25, 0.3) is 6.08 Å². The Morgan fingerprint density at radius 2 is 1.81 bits per heavy atom. The second kappa shape index (κ2) is 11.1. The smallest absolute Gasteiger partial charge is 0.270 e. The third-order valence-corrected chi connectivity index (χ3v) is 5.31. The van der Waals surface area contributed by atoms with Crippen molar-refractivity contribution < 1.29 is 14.5 Å². The van der Waals surface area contributed by atoms with E-state index in [4.69, 9.17) is 12.2 Å². The average Bonchev–Trinajstić information content (AvgIpc) is 2.79. The number of anilines is 1. The predicted octanol–water partition coefficient (Wildman–Crippen LogP) is 4.18. The van der Waals surface area contributed by atoms with Crippen molar-refractivity contribution in [2.75, 3.05) is 5.32 Å². The van der Waals surface area contributed by atoms with Gasteiger partial charge in [-0.3, -0.25) is 25.0 Å². The minimum absolute atomic E-state index is 0.0385. The summed E-state index contributed by atoms with van der Waals surface area (Å²) in [6, 6.07) is 13.1. The molecule has 0 aromatic heterocycles. The normalized spacial score (nSPS) is 14.0. The summed E-state index contributed by atoms with van der Waals surface area (Å²) in [6.45, 7) is 0. The van der Waals surface area contributed by atoms with Crippen LogP contribution in [0.2, 0.25) is 0 Å². The number of carbonyl (C=O) groups is 2. The minimum Gasteiger partial charge on any atom is -0.349 e. The number of nitro groups is 1. The lowest BCUT2D eigenvalue weighted by molar-refractivity contribution is -0.384. The van der Waals surface area contributed by atoms with E-state index in [2.05, 4.69) is 16.0 Å².